The first-order chi connectivity index (χ1) is 19.1. The largest absolute Gasteiger partial charge is 0.465 e. The average Bonchev–Trinajstić information content (AvgIpc) is 3.20. The van der Waals surface area contributed by atoms with Crippen molar-refractivity contribution in [3.05, 3.63) is 40.0 Å². The number of rotatable bonds is 10. The number of nitrogens with one attached hydrogen (secondary N) is 2. The summed E-state index contributed by atoms with van der Waals surface area (Å²) in [4.78, 5) is 53.4. The molecule has 0 bridgehead atoms. The molecule has 0 radical (unpaired) electrons. The lowest BCUT2D eigenvalue weighted by Crippen LogP contribution is -2.47. The fraction of sp³-hybridized carbons (Fsp3) is 0.500. The number of fused-ring (bicyclic) bond motifs is 2. The van der Waals surface area contributed by atoms with Crippen molar-refractivity contribution in [2.75, 3.05) is 33.2 Å². The Kier molecular flexibility index (Phi) is 9.19. The van der Waals surface area contributed by atoms with Crippen molar-refractivity contribution in [3.63, 3.8) is 0 Å². The van der Waals surface area contributed by atoms with Gasteiger partial charge < -0.3 is 25.7 Å². The summed E-state index contributed by atoms with van der Waals surface area (Å²) in [6.45, 7) is 6.09. The van der Waals surface area contributed by atoms with Crippen molar-refractivity contribution in [3.8, 4) is 0 Å². The second-order valence-electron chi connectivity index (χ2n) is 10.3. The van der Waals surface area contributed by atoms with Crippen LogP contribution in [0, 0.1) is 5.92 Å². The van der Waals surface area contributed by atoms with E-state index in [2.05, 4.69) is 37.5 Å². The minimum atomic E-state index is -1.30. The second-order valence-corrected chi connectivity index (χ2v) is 11.0. The highest BCUT2D eigenvalue weighted by atomic mass is 79.9. The van der Waals surface area contributed by atoms with Crippen LogP contribution in [0.5, 0.6) is 0 Å². The fourth-order valence-electron chi connectivity index (χ4n) is 5.96. The van der Waals surface area contributed by atoms with Crippen LogP contribution in [-0.2, 0) is 11.2 Å². The summed E-state index contributed by atoms with van der Waals surface area (Å²) >= 11 is 3.67. The number of carbonyl (C=O) groups excluding carboxylic acids is 2. The van der Waals surface area contributed by atoms with Gasteiger partial charge in [0.1, 0.15) is 6.04 Å². The molecule has 3 atom stereocenters. The standard InChI is InChI=1S/C28H36BrN5O6/c1-4-33(5-2)25(35)16-13-18-17-9-8-11-21-23(17)19(14-22(18)32(3)15-16)24(29)34(21)26(36)20(31-28(39)40)10-6-7-12-30-27(37)38/h8-9,11,13,16,20,22,30-31H,4-7,10,12,14-15H2,1-3H3,(H,37,38)(H,39,40)/t16-,20-,22?/m0/s1. The molecule has 11 nitrogen and oxygen atoms in total. The molecule has 12 heteroatoms. The maximum atomic E-state index is 13.8. The van der Waals surface area contributed by atoms with Gasteiger partial charge in [-0.1, -0.05) is 18.2 Å². The van der Waals surface area contributed by atoms with E-state index < -0.39 is 24.1 Å². The topological polar surface area (TPSA) is 144 Å². The van der Waals surface area contributed by atoms with Crippen LogP contribution in [0.3, 0.4) is 0 Å². The maximum absolute atomic E-state index is 13.8. The van der Waals surface area contributed by atoms with Gasteiger partial charge in [-0.3, -0.25) is 19.1 Å². The number of benzene rings is 1. The molecule has 0 saturated carbocycles. The number of hydrogen-bond donors (Lipinski definition) is 4. The monoisotopic (exact) mass is 617 g/mol. The van der Waals surface area contributed by atoms with Gasteiger partial charge >= 0.3 is 12.2 Å². The molecular formula is C28H36BrN5O6. The summed E-state index contributed by atoms with van der Waals surface area (Å²) < 4.78 is 2.14. The number of hydrogen-bond acceptors (Lipinski definition) is 5. The predicted molar refractivity (Wildman–Crippen MR) is 155 cm³/mol. The molecule has 0 spiro atoms. The van der Waals surface area contributed by atoms with Gasteiger partial charge in [0.25, 0.3) is 5.91 Å². The first-order valence-electron chi connectivity index (χ1n) is 13.6. The zero-order valence-corrected chi connectivity index (χ0v) is 24.5. The number of amides is 3. The number of aromatic nitrogens is 1. The molecule has 0 saturated heterocycles. The second kappa shape index (κ2) is 12.4. The van der Waals surface area contributed by atoms with Gasteiger partial charge in [-0.2, -0.15) is 0 Å². The van der Waals surface area contributed by atoms with Gasteiger partial charge in [-0.15, -0.1) is 0 Å². The molecular weight excluding hydrogens is 582 g/mol. The van der Waals surface area contributed by atoms with Crippen LogP contribution in [0.2, 0.25) is 0 Å². The molecule has 2 heterocycles. The fourth-order valence-corrected chi connectivity index (χ4v) is 6.69. The van der Waals surface area contributed by atoms with E-state index in [1.807, 2.05) is 44.0 Å². The summed E-state index contributed by atoms with van der Waals surface area (Å²) in [5.74, 6) is -0.564. The van der Waals surface area contributed by atoms with Crippen molar-refractivity contribution in [2.45, 2.75) is 51.6 Å². The smallest absolute Gasteiger partial charge is 0.405 e. The Hall–Kier alpha value is -3.38. The van der Waals surface area contributed by atoms with Gasteiger partial charge in [0.15, 0.2) is 0 Å². The highest BCUT2D eigenvalue weighted by molar-refractivity contribution is 9.10. The quantitative estimate of drug-likeness (QED) is 0.296. The molecule has 1 aromatic carbocycles. The number of halogens is 1. The van der Waals surface area contributed by atoms with Gasteiger partial charge in [-0.25, -0.2) is 9.59 Å². The maximum Gasteiger partial charge on any atom is 0.405 e. The molecule has 1 aromatic heterocycles. The predicted octanol–water partition coefficient (Wildman–Crippen LogP) is 3.86. The Morgan fingerprint density at radius 3 is 2.50 bits per heavy atom. The van der Waals surface area contributed by atoms with E-state index in [0.717, 1.165) is 22.1 Å². The summed E-state index contributed by atoms with van der Waals surface area (Å²) in [6, 6.07) is 4.79. The Balaban J connectivity index is 1.71. The Bertz CT molecular complexity index is 1350. The van der Waals surface area contributed by atoms with Gasteiger partial charge in [-0.05, 0) is 85.3 Å². The van der Waals surface area contributed by atoms with Crippen LogP contribution in [0.25, 0.3) is 16.5 Å². The lowest BCUT2D eigenvalue weighted by molar-refractivity contribution is -0.134. The molecule has 216 valence electrons. The van der Waals surface area contributed by atoms with Crippen LogP contribution in [-0.4, -0.2) is 93.9 Å². The van der Waals surface area contributed by atoms with Crippen LogP contribution < -0.4 is 10.6 Å². The van der Waals surface area contributed by atoms with Crippen molar-refractivity contribution >= 4 is 56.4 Å². The summed E-state index contributed by atoms with van der Waals surface area (Å²) in [5, 5.41) is 23.7. The third-order valence-electron chi connectivity index (χ3n) is 7.90. The van der Waals surface area contributed by atoms with E-state index in [0.29, 0.717) is 49.0 Å². The van der Waals surface area contributed by atoms with E-state index >= 15 is 0 Å². The molecule has 2 aromatic rings. The lowest BCUT2D eigenvalue weighted by atomic mass is 9.79. The molecule has 4 rings (SSSR count). The third-order valence-corrected chi connectivity index (χ3v) is 8.73. The lowest BCUT2D eigenvalue weighted by Gasteiger charge is -2.40. The van der Waals surface area contributed by atoms with Crippen LogP contribution in [0.1, 0.15) is 49.0 Å². The van der Waals surface area contributed by atoms with E-state index in [1.54, 1.807) is 4.57 Å². The van der Waals surface area contributed by atoms with Gasteiger partial charge in [0.2, 0.25) is 5.91 Å². The van der Waals surface area contributed by atoms with Crippen molar-refractivity contribution in [1.29, 1.82) is 0 Å². The van der Waals surface area contributed by atoms with E-state index in [9.17, 15) is 24.3 Å². The van der Waals surface area contributed by atoms with Crippen molar-refractivity contribution < 1.29 is 29.4 Å². The molecule has 0 fully saturated rings. The number of likely N-dealkylation sites (N-methyl/N-ethyl adjacent to an activating group) is 1. The highest BCUT2D eigenvalue weighted by Gasteiger charge is 2.39. The molecule has 1 aliphatic heterocycles. The first kappa shape index (κ1) is 29.6. The van der Waals surface area contributed by atoms with Crippen molar-refractivity contribution in [1.82, 2.24) is 25.0 Å². The van der Waals surface area contributed by atoms with E-state index in [4.69, 9.17) is 5.11 Å². The zero-order valence-electron chi connectivity index (χ0n) is 22.9. The van der Waals surface area contributed by atoms with E-state index in [-0.39, 0.29) is 30.8 Å². The first-order valence-corrected chi connectivity index (χ1v) is 14.4. The Morgan fingerprint density at radius 1 is 1.12 bits per heavy atom. The minimum Gasteiger partial charge on any atom is -0.465 e. The van der Waals surface area contributed by atoms with Gasteiger partial charge in [0, 0.05) is 37.6 Å². The number of carboxylic acid groups (broad SMARTS) is 2. The average molecular weight is 619 g/mol. The number of carbonyl (C=O) groups is 4. The molecule has 1 unspecified atom stereocenters. The minimum absolute atomic E-state index is 0.0378. The molecule has 4 N–H and O–H groups in total. The zero-order chi connectivity index (χ0) is 29.1. The summed E-state index contributed by atoms with van der Waals surface area (Å²) in [6.07, 6.45) is 1.44. The van der Waals surface area contributed by atoms with Crippen LogP contribution in [0.15, 0.2) is 28.9 Å². The number of unbranched alkanes of at least 4 members (excludes halogenated alkanes) is 1. The molecule has 40 heavy (non-hydrogen) atoms. The summed E-state index contributed by atoms with van der Waals surface area (Å²) in [5.41, 5.74) is 3.69. The molecule has 1 aliphatic carbocycles. The Labute approximate surface area is 241 Å². The molecule has 3 amide bonds. The Morgan fingerprint density at radius 2 is 1.85 bits per heavy atom. The normalized spacial score (nSPS) is 18.9. The van der Waals surface area contributed by atoms with Gasteiger partial charge in [0.05, 0.1) is 16.0 Å². The number of nitrogens with zero attached hydrogens (tertiary/aromatic N) is 3. The summed E-state index contributed by atoms with van der Waals surface area (Å²) in [7, 11) is 2.02. The van der Waals surface area contributed by atoms with Crippen LogP contribution >= 0.6 is 15.9 Å². The highest BCUT2D eigenvalue weighted by Crippen LogP contribution is 2.45. The van der Waals surface area contributed by atoms with E-state index in [1.165, 1.54) is 0 Å². The third kappa shape index (κ3) is 5.73. The van der Waals surface area contributed by atoms with Crippen molar-refractivity contribution in [2.24, 2.45) is 5.92 Å². The SMILES string of the molecule is CCN(CC)C(=O)[C@H]1C=C2c3cccc4c3c(c(Br)n4C(=O)[C@H](CCCCNC(=O)O)NC(=O)O)CC2N(C)C1. The molecule has 2 aliphatic rings. The van der Waals surface area contributed by atoms with Crippen LogP contribution in [0.4, 0.5) is 9.59 Å².